The minimum Gasteiger partial charge on any atom is -0.478 e. The molecule has 0 radical (unpaired) electrons. The van der Waals surface area contributed by atoms with Crippen molar-refractivity contribution in [1.82, 2.24) is 10.2 Å². The topological polar surface area (TPSA) is 113 Å². The molecule has 7 nitrogen and oxygen atoms in total. The number of aliphatic carboxylic acids is 1. The lowest BCUT2D eigenvalue weighted by Gasteiger charge is -2.36. The molecule has 1 aromatic rings. The number of nitrogens with one attached hydrogen (secondary N) is 1. The Hall–Kier alpha value is -3.09. The van der Waals surface area contributed by atoms with E-state index < -0.39 is 23.8 Å². The van der Waals surface area contributed by atoms with Crippen LogP contribution >= 0.6 is 0 Å². The van der Waals surface area contributed by atoms with Gasteiger partial charge in [0.2, 0.25) is 11.8 Å². The number of nitrogens with two attached hydrogens (primary N) is 1. The molecule has 2 unspecified atom stereocenters. The largest absolute Gasteiger partial charge is 0.478 e. The Balaban J connectivity index is 1.77. The van der Waals surface area contributed by atoms with E-state index >= 15 is 0 Å². The van der Waals surface area contributed by atoms with Crippen molar-refractivity contribution in [2.45, 2.75) is 37.8 Å². The molecule has 3 aliphatic rings. The zero-order chi connectivity index (χ0) is 19.1. The highest BCUT2D eigenvalue weighted by Crippen LogP contribution is 2.43. The molecule has 1 saturated carbocycles. The normalized spacial score (nSPS) is 24.9. The SMILES string of the molecule is NC(=O)c1ccc(C2=CN(C3CCCC3)C3C(C(=O)O)=CNC(=O)C23)cc1. The number of carboxylic acid groups (broad SMARTS) is 1. The number of carbonyl (C=O) groups is 3. The summed E-state index contributed by atoms with van der Waals surface area (Å²) in [6.45, 7) is 0. The van der Waals surface area contributed by atoms with Gasteiger partial charge in [0.1, 0.15) is 0 Å². The summed E-state index contributed by atoms with van der Waals surface area (Å²) < 4.78 is 0. The zero-order valence-corrected chi connectivity index (χ0v) is 14.7. The van der Waals surface area contributed by atoms with Gasteiger partial charge < -0.3 is 21.1 Å². The Morgan fingerprint density at radius 2 is 1.81 bits per heavy atom. The molecule has 1 aliphatic carbocycles. The first-order valence-corrected chi connectivity index (χ1v) is 9.10. The highest BCUT2D eigenvalue weighted by atomic mass is 16.4. The van der Waals surface area contributed by atoms with Crippen molar-refractivity contribution in [3.8, 4) is 0 Å². The number of carboxylic acids is 1. The third-order valence-corrected chi connectivity index (χ3v) is 5.73. The van der Waals surface area contributed by atoms with E-state index in [1.54, 1.807) is 24.3 Å². The predicted octanol–water partition coefficient (Wildman–Crippen LogP) is 1.47. The summed E-state index contributed by atoms with van der Waals surface area (Å²) in [7, 11) is 0. The number of carbonyl (C=O) groups excluding carboxylic acids is 2. The standard InChI is InChI=1S/C20H21N3O4/c21-18(24)12-7-5-11(6-8-12)15-10-23(13-3-1-2-4-13)17-14(20(26)27)9-22-19(25)16(15)17/h5-10,13,16-17H,1-4H2,(H2,21,24)(H,22,25)(H,26,27). The van der Waals surface area contributed by atoms with Crippen molar-refractivity contribution < 1.29 is 19.5 Å². The lowest BCUT2D eigenvalue weighted by Crippen LogP contribution is -2.49. The van der Waals surface area contributed by atoms with Crippen molar-refractivity contribution in [3.63, 3.8) is 0 Å². The van der Waals surface area contributed by atoms with E-state index in [-0.39, 0.29) is 17.5 Å². The first-order valence-electron chi connectivity index (χ1n) is 9.10. The van der Waals surface area contributed by atoms with Gasteiger partial charge in [-0.2, -0.15) is 0 Å². The maximum Gasteiger partial charge on any atom is 0.335 e. The number of hydrogen-bond donors (Lipinski definition) is 3. The van der Waals surface area contributed by atoms with Crippen LogP contribution in [0.25, 0.3) is 5.57 Å². The van der Waals surface area contributed by atoms with Gasteiger partial charge in [0.05, 0.1) is 17.5 Å². The number of benzene rings is 1. The molecule has 1 fully saturated rings. The van der Waals surface area contributed by atoms with Crippen LogP contribution in [-0.4, -0.2) is 39.9 Å². The fraction of sp³-hybridized carbons (Fsp3) is 0.350. The molecule has 0 saturated heterocycles. The van der Waals surface area contributed by atoms with E-state index in [1.807, 2.05) is 6.20 Å². The quantitative estimate of drug-likeness (QED) is 0.746. The van der Waals surface area contributed by atoms with Crippen LogP contribution in [0, 0.1) is 5.92 Å². The monoisotopic (exact) mass is 367 g/mol. The van der Waals surface area contributed by atoms with Crippen LogP contribution in [0.1, 0.15) is 41.6 Å². The molecular weight excluding hydrogens is 346 g/mol. The minimum atomic E-state index is -1.02. The highest BCUT2D eigenvalue weighted by molar-refractivity contribution is 6.01. The predicted molar refractivity (Wildman–Crippen MR) is 98.2 cm³/mol. The summed E-state index contributed by atoms with van der Waals surface area (Å²) in [5.41, 5.74) is 7.45. The van der Waals surface area contributed by atoms with Gasteiger partial charge in [0.25, 0.3) is 0 Å². The molecule has 4 rings (SSSR count). The van der Waals surface area contributed by atoms with Crippen molar-refractivity contribution >= 4 is 23.4 Å². The number of fused-ring (bicyclic) bond motifs is 1. The average molecular weight is 367 g/mol. The van der Waals surface area contributed by atoms with Gasteiger partial charge >= 0.3 is 5.97 Å². The number of hydrogen-bond acceptors (Lipinski definition) is 4. The minimum absolute atomic E-state index is 0.200. The van der Waals surface area contributed by atoms with Gasteiger partial charge in [-0.25, -0.2) is 4.79 Å². The second-order valence-electron chi connectivity index (χ2n) is 7.25. The lowest BCUT2D eigenvalue weighted by molar-refractivity contribution is -0.134. The highest BCUT2D eigenvalue weighted by Gasteiger charge is 2.48. The molecule has 0 spiro atoms. The Labute approximate surface area is 156 Å². The molecular formula is C20H21N3O4. The molecule has 27 heavy (non-hydrogen) atoms. The maximum atomic E-state index is 12.7. The number of nitrogens with zero attached hydrogens (tertiary/aromatic N) is 1. The molecule has 2 aliphatic heterocycles. The fourth-order valence-electron chi connectivity index (χ4n) is 4.42. The lowest BCUT2D eigenvalue weighted by atomic mass is 9.83. The third-order valence-electron chi connectivity index (χ3n) is 5.73. The van der Waals surface area contributed by atoms with E-state index in [2.05, 4.69) is 10.2 Å². The van der Waals surface area contributed by atoms with Crippen molar-refractivity contribution in [2.75, 3.05) is 0 Å². The number of amides is 2. The molecule has 7 heteroatoms. The molecule has 2 atom stereocenters. The Bertz CT molecular complexity index is 866. The smallest absolute Gasteiger partial charge is 0.335 e. The number of rotatable bonds is 4. The van der Waals surface area contributed by atoms with E-state index in [1.165, 1.54) is 6.20 Å². The van der Waals surface area contributed by atoms with Crippen molar-refractivity contribution in [2.24, 2.45) is 11.7 Å². The van der Waals surface area contributed by atoms with Crippen molar-refractivity contribution in [3.05, 3.63) is 53.4 Å². The summed E-state index contributed by atoms with van der Waals surface area (Å²) in [4.78, 5) is 37.9. The summed E-state index contributed by atoms with van der Waals surface area (Å²) >= 11 is 0. The van der Waals surface area contributed by atoms with Crippen LogP contribution in [0.3, 0.4) is 0 Å². The van der Waals surface area contributed by atoms with Crippen LogP contribution in [0.2, 0.25) is 0 Å². The van der Waals surface area contributed by atoms with Crippen LogP contribution in [-0.2, 0) is 9.59 Å². The molecule has 4 N–H and O–H groups in total. The van der Waals surface area contributed by atoms with Gasteiger partial charge in [-0.05, 0) is 36.1 Å². The van der Waals surface area contributed by atoms with Gasteiger partial charge in [-0.15, -0.1) is 0 Å². The Kier molecular flexibility index (Phi) is 4.22. The van der Waals surface area contributed by atoms with E-state index in [4.69, 9.17) is 5.73 Å². The van der Waals surface area contributed by atoms with E-state index in [0.29, 0.717) is 5.56 Å². The van der Waals surface area contributed by atoms with Gasteiger partial charge in [-0.1, -0.05) is 25.0 Å². The van der Waals surface area contributed by atoms with E-state index in [0.717, 1.165) is 36.8 Å². The van der Waals surface area contributed by atoms with Gasteiger partial charge in [0.15, 0.2) is 0 Å². The Morgan fingerprint density at radius 3 is 2.41 bits per heavy atom. The van der Waals surface area contributed by atoms with E-state index in [9.17, 15) is 19.5 Å². The summed E-state index contributed by atoms with van der Waals surface area (Å²) in [6, 6.07) is 6.49. The summed E-state index contributed by atoms with van der Waals surface area (Å²) in [5.74, 6) is -2.34. The number of primary amides is 1. The zero-order valence-electron chi connectivity index (χ0n) is 14.7. The molecule has 0 bridgehead atoms. The van der Waals surface area contributed by atoms with Crippen molar-refractivity contribution in [1.29, 1.82) is 0 Å². The summed E-state index contributed by atoms with van der Waals surface area (Å²) in [6.07, 6.45) is 7.44. The van der Waals surface area contributed by atoms with Crippen LogP contribution < -0.4 is 11.1 Å². The molecule has 2 amide bonds. The first-order chi connectivity index (χ1) is 13.0. The first kappa shape index (κ1) is 17.3. The Morgan fingerprint density at radius 1 is 1.15 bits per heavy atom. The molecule has 2 heterocycles. The summed E-state index contributed by atoms with van der Waals surface area (Å²) in [5, 5.41) is 12.3. The van der Waals surface area contributed by atoms with Gasteiger partial charge in [0, 0.05) is 24.0 Å². The second kappa shape index (κ2) is 6.57. The van der Waals surface area contributed by atoms with Crippen LogP contribution in [0.4, 0.5) is 0 Å². The third kappa shape index (κ3) is 2.89. The average Bonchev–Trinajstić information content (AvgIpc) is 3.30. The molecule has 1 aromatic carbocycles. The second-order valence-corrected chi connectivity index (χ2v) is 7.25. The molecule has 0 aromatic heterocycles. The van der Waals surface area contributed by atoms with Crippen LogP contribution in [0.5, 0.6) is 0 Å². The van der Waals surface area contributed by atoms with Gasteiger partial charge in [-0.3, -0.25) is 9.59 Å². The van der Waals surface area contributed by atoms with Crippen LogP contribution in [0.15, 0.2) is 42.2 Å². The molecule has 140 valence electrons. The maximum absolute atomic E-state index is 12.7. The fourth-order valence-corrected chi connectivity index (χ4v) is 4.42.